The fourth-order valence-corrected chi connectivity index (χ4v) is 1.29. The molecule has 0 fully saturated rings. The first kappa shape index (κ1) is 15.3. The normalized spacial score (nSPS) is 10.1. The maximum atomic E-state index is 5.57. The molecule has 106 valence electrons. The second-order valence-corrected chi connectivity index (χ2v) is 3.68. The molecule has 5 heteroatoms. The standard InChI is InChI=1S/C14H21NO4/c1-2-16-7-8-17-9-10-18-11-12-19-14-5-3-13(15)4-6-14/h2-6H,1,7-12,15H2. The number of benzene rings is 1. The van der Waals surface area contributed by atoms with E-state index in [4.69, 9.17) is 24.7 Å². The van der Waals surface area contributed by atoms with E-state index in [1.165, 1.54) is 6.26 Å². The Morgan fingerprint density at radius 1 is 0.895 bits per heavy atom. The molecule has 0 heterocycles. The monoisotopic (exact) mass is 267 g/mol. The summed E-state index contributed by atoms with van der Waals surface area (Å²) >= 11 is 0. The van der Waals surface area contributed by atoms with Crippen molar-refractivity contribution >= 4 is 5.69 Å². The average molecular weight is 267 g/mol. The first-order valence-corrected chi connectivity index (χ1v) is 6.19. The van der Waals surface area contributed by atoms with Crippen LogP contribution in [0.25, 0.3) is 0 Å². The van der Waals surface area contributed by atoms with Gasteiger partial charge in [0, 0.05) is 5.69 Å². The van der Waals surface area contributed by atoms with Gasteiger partial charge in [-0.1, -0.05) is 6.58 Å². The molecule has 0 spiro atoms. The maximum Gasteiger partial charge on any atom is 0.119 e. The molecule has 19 heavy (non-hydrogen) atoms. The molecule has 1 aromatic carbocycles. The van der Waals surface area contributed by atoms with Crippen LogP contribution in [0.2, 0.25) is 0 Å². The Hall–Kier alpha value is -1.72. The summed E-state index contributed by atoms with van der Waals surface area (Å²) in [6, 6.07) is 7.26. The van der Waals surface area contributed by atoms with Gasteiger partial charge < -0.3 is 24.7 Å². The molecule has 0 saturated heterocycles. The molecule has 0 aromatic heterocycles. The van der Waals surface area contributed by atoms with Crippen LogP contribution in [0, 0.1) is 0 Å². The molecule has 0 saturated carbocycles. The minimum atomic E-state index is 0.503. The van der Waals surface area contributed by atoms with Gasteiger partial charge in [0.15, 0.2) is 0 Å². The average Bonchev–Trinajstić information content (AvgIpc) is 2.43. The fourth-order valence-electron chi connectivity index (χ4n) is 1.29. The van der Waals surface area contributed by atoms with E-state index >= 15 is 0 Å². The van der Waals surface area contributed by atoms with E-state index in [-0.39, 0.29) is 0 Å². The lowest BCUT2D eigenvalue weighted by Gasteiger charge is -2.08. The lowest BCUT2D eigenvalue weighted by molar-refractivity contribution is 0.0227. The molecule has 0 aliphatic heterocycles. The van der Waals surface area contributed by atoms with Crippen LogP contribution in [0.15, 0.2) is 37.1 Å². The lowest BCUT2D eigenvalue weighted by atomic mass is 10.3. The van der Waals surface area contributed by atoms with Gasteiger partial charge in [-0.2, -0.15) is 0 Å². The Morgan fingerprint density at radius 3 is 2.11 bits per heavy atom. The summed E-state index contributed by atoms with van der Waals surface area (Å²) in [7, 11) is 0. The van der Waals surface area contributed by atoms with E-state index in [9.17, 15) is 0 Å². The molecule has 5 nitrogen and oxygen atoms in total. The molecule has 2 N–H and O–H groups in total. The van der Waals surface area contributed by atoms with E-state index in [2.05, 4.69) is 6.58 Å². The number of nitrogens with two attached hydrogens (primary N) is 1. The molecule has 0 amide bonds. The highest BCUT2D eigenvalue weighted by Gasteiger charge is 1.94. The molecule has 0 aliphatic rings. The van der Waals surface area contributed by atoms with E-state index in [0.29, 0.717) is 39.6 Å². The van der Waals surface area contributed by atoms with Gasteiger partial charge in [0.05, 0.1) is 32.7 Å². The molecule has 1 aromatic rings. The largest absolute Gasteiger partial charge is 0.499 e. The van der Waals surface area contributed by atoms with Crippen molar-refractivity contribution in [2.75, 3.05) is 45.4 Å². The van der Waals surface area contributed by atoms with Crippen molar-refractivity contribution in [3.8, 4) is 5.75 Å². The Kier molecular flexibility index (Phi) is 8.25. The maximum absolute atomic E-state index is 5.57. The van der Waals surface area contributed by atoms with Crippen molar-refractivity contribution in [3.05, 3.63) is 37.1 Å². The summed E-state index contributed by atoms with van der Waals surface area (Å²) < 4.78 is 21.0. The summed E-state index contributed by atoms with van der Waals surface area (Å²) in [5, 5.41) is 0. The predicted molar refractivity (Wildman–Crippen MR) is 74.1 cm³/mol. The van der Waals surface area contributed by atoms with Crippen molar-refractivity contribution in [1.29, 1.82) is 0 Å². The lowest BCUT2D eigenvalue weighted by Crippen LogP contribution is -2.12. The Balaban J connectivity index is 1.88. The number of anilines is 1. The summed E-state index contributed by atoms with van der Waals surface area (Å²) in [4.78, 5) is 0. The number of hydrogen-bond acceptors (Lipinski definition) is 5. The van der Waals surface area contributed by atoms with E-state index < -0.39 is 0 Å². The Morgan fingerprint density at radius 2 is 1.47 bits per heavy atom. The second kappa shape index (κ2) is 10.2. The molecular formula is C14H21NO4. The van der Waals surface area contributed by atoms with Crippen molar-refractivity contribution in [2.24, 2.45) is 0 Å². The topological polar surface area (TPSA) is 62.9 Å². The van der Waals surface area contributed by atoms with E-state index in [1.807, 2.05) is 12.1 Å². The Labute approximate surface area is 113 Å². The van der Waals surface area contributed by atoms with Gasteiger partial charge in [-0.05, 0) is 24.3 Å². The fraction of sp³-hybridized carbons (Fsp3) is 0.429. The number of hydrogen-bond donors (Lipinski definition) is 1. The molecule has 0 aliphatic carbocycles. The van der Waals surface area contributed by atoms with Crippen molar-refractivity contribution < 1.29 is 18.9 Å². The number of rotatable bonds is 11. The molecule has 0 bridgehead atoms. The first-order valence-electron chi connectivity index (χ1n) is 6.19. The number of nitrogen functional groups attached to an aromatic ring is 1. The summed E-state index contributed by atoms with van der Waals surface area (Å²) in [6.45, 7) is 6.60. The van der Waals surface area contributed by atoms with Crippen molar-refractivity contribution in [1.82, 2.24) is 0 Å². The molecule has 0 unspecified atom stereocenters. The van der Waals surface area contributed by atoms with Gasteiger partial charge in [-0.3, -0.25) is 0 Å². The van der Waals surface area contributed by atoms with Gasteiger partial charge in [0.25, 0.3) is 0 Å². The zero-order valence-corrected chi connectivity index (χ0v) is 11.0. The summed E-state index contributed by atoms with van der Waals surface area (Å²) in [5.41, 5.74) is 6.29. The van der Waals surface area contributed by atoms with Crippen LogP contribution >= 0.6 is 0 Å². The molecule has 0 radical (unpaired) electrons. The van der Waals surface area contributed by atoms with E-state index in [0.717, 1.165) is 11.4 Å². The van der Waals surface area contributed by atoms with Gasteiger partial charge in [0.2, 0.25) is 0 Å². The SMILES string of the molecule is C=COCCOCCOCCOc1ccc(N)cc1. The summed E-state index contributed by atoms with van der Waals surface area (Å²) in [6.07, 6.45) is 1.40. The third kappa shape index (κ3) is 8.07. The third-order valence-electron chi connectivity index (χ3n) is 2.21. The molecule has 1 rings (SSSR count). The van der Waals surface area contributed by atoms with Gasteiger partial charge in [-0.25, -0.2) is 0 Å². The van der Waals surface area contributed by atoms with Crippen LogP contribution in [0.4, 0.5) is 5.69 Å². The van der Waals surface area contributed by atoms with Gasteiger partial charge in [0.1, 0.15) is 19.0 Å². The zero-order chi connectivity index (χ0) is 13.8. The molecule has 0 atom stereocenters. The van der Waals surface area contributed by atoms with Gasteiger partial charge >= 0.3 is 0 Å². The highest BCUT2D eigenvalue weighted by Crippen LogP contribution is 2.12. The minimum absolute atomic E-state index is 0.503. The van der Waals surface area contributed by atoms with Crippen LogP contribution in [0.3, 0.4) is 0 Å². The van der Waals surface area contributed by atoms with Crippen LogP contribution in [-0.2, 0) is 14.2 Å². The summed E-state index contributed by atoms with van der Waals surface area (Å²) in [5.74, 6) is 0.788. The highest BCUT2D eigenvalue weighted by molar-refractivity contribution is 5.41. The van der Waals surface area contributed by atoms with Crippen LogP contribution in [0.1, 0.15) is 0 Å². The van der Waals surface area contributed by atoms with Crippen molar-refractivity contribution in [3.63, 3.8) is 0 Å². The Bertz CT molecular complexity index is 340. The van der Waals surface area contributed by atoms with Crippen molar-refractivity contribution in [2.45, 2.75) is 0 Å². The first-order chi connectivity index (χ1) is 9.33. The smallest absolute Gasteiger partial charge is 0.119 e. The zero-order valence-electron chi connectivity index (χ0n) is 11.0. The van der Waals surface area contributed by atoms with E-state index in [1.54, 1.807) is 12.1 Å². The van der Waals surface area contributed by atoms with Gasteiger partial charge in [-0.15, -0.1) is 0 Å². The molecular weight excluding hydrogens is 246 g/mol. The third-order valence-corrected chi connectivity index (χ3v) is 2.21. The predicted octanol–water partition coefficient (Wildman–Crippen LogP) is 1.84. The number of ether oxygens (including phenoxy) is 4. The van der Waals surface area contributed by atoms with Crippen LogP contribution < -0.4 is 10.5 Å². The quantitative estimate of drug-likeness (QED) is 0.376. The minimum Gasteiger partial charge on any atom is -0.499 e. The highest BCUT2D eigenvalue weighted by atomic mass is 16.6. The second-order valence-electron chi connectivity index (χ2n) is 3.68. The van der Waals surface area contributed by atoms with Crippen LogP contribution in [-0.4, -0.2) is 39.6 Å². The van der Waals surface area contributed by atoms with Crippen LogP contribution in [0.5, 0.6) is 5.75 Å².